The molecule has 3 N–H and O–H groups in total. The molecule has 2 aromatic rings. The fourth-order valence-electron chi connectivity index (χ4n) is 2.51. The number of rotatable bonds is 6. The average molecular weight is 396 g/mol. The van der Waals surface area contributed by atoms with Crippen LogP contribution in [0.1, 0.15) is 24.3 Å². The summed E-state index contributed by atoms with van der Waals surface area (Å²) in [6.45, 7) is 5.99. The third kappa shape index (κ3) is 4.82. The highest BCUT2D eigenvalue weighted by Crippen LogP contribution is 2.33. The zero-order valence-electron chi connectivity index (χ0n) is 16.1. The summed E-state index contributed by atoms with van der Waals surface area (Å²) >= 11 is 0. The van der Waals surface area contributed by atoms with Crippen molar-refractivity contribution in [1.29, 1.82) is 0 Å². The molecule has 29 heavy (non-hydrogen) atoms. The number of hydrogen-bond acceptors (Lipinski definition) is 5. The lowest BCUT2D eigenvalue weighted by molar-refractivity contribution is 0.407. The lowest BCUT2D eigenvalue weighted by atomic mass is 10.1. The first-order chi connectivity index (χ1) is 14.1. The van der Waals surface area contributed by atoms with Crippen LogP contribution in [0.4, 0.5) is 10.1 Å². The number of aromatic amines is 1. The van der Waals surface area contributed by atoms with Crippen LogP contribution in [-0.4, -0.2) is 41.3 Å². The van der Waals surface area contributed by atoms with Gasteiger partial charge in [0.15, 0.2) is 17.5 Å². The topological polar surface area (TPSA) is 114 Å². The van der Waals surface area contributed by atoms with Gasteiger partial charge in [0.2, 0.25) is 5.90 Å². The summed E-state index contributed by atoms with van der Waals surface area (Å²) in [5, 5.41) is 0. The Bertz CT molecular complexity index is 1020. The van der Waals surface area contributed by atoms with E-state index in [4.69, 9.17) is 15.2 Å². The molecule has 3 rings (SSSR count). The van der Waals surface area contributed by atoms with Crippen LogP contribution in [0.5, 0.6) is 0 Å². The Morgan fingerprint density at radius 2 is 2.24 bits per heavy atom. The van der Waals surface area contributed by atoms with Gasteiger partial charge >= 0.3 is 0 Å². The first-order valence-electron chi connectivity index (χ1n) is 8.80. The van der Waals surface area contributed by atoms with Crippen molar-refractivity contribution < 1.29 is 13.9 Å². The highest BCUT2D eigenvalue weighted by molar-refractivity contribution is 6.12. The fraction of sp³-hybridized carbons (Fsp3) is 0.200. The maximum absolute atomic E-state index is 14.1. The molecule has 0 spiro atoms. The van der Waals surface area contributed by atoms with Crippen molar-refractivity contribution in [3.63, 3.8) is 0 Å². The SMILES string of the molecule is C=CC(=N/C(=C\C)C(N)=NC(=Nc1ccncc1F)c1[nH]ccc1C1CO1)OC. The van der Waals surface area contributed by atoms with Crippen molar-refractivity contribution in [2.24, 2.45) is 20.7 Å². The van der Waals surface area contributed by atoms with Crippen molar-refractivity contribution in [3.8, 4) is 0 Å². The molecule has 2 aromatic heterocycles. The van der Waals surface area contributed by atoms with Gasteiger partial charge in [-0.15, -0.1) is 0 Å². The van der Waals surface area contributed by atoms with Crippen molar-refractivity contribution in [1.82, 2.24) is 9.97 Å². The molecule has 9 heteroatoms. The molecule has 0 aliphatic carbocycles. The number of methoxy groups -OCH3 is 1. The molecule has 1 atom stereocenters. The summed E-state index contributed by atoms with van der Waals surface area (Å²) in [6.07, 6.45) is 7.34. The Morgan fingerprint density at radius 1 is 1.45 bits per heavy atom. The van der Waals surface area contributed by atoms with E-state index in [-0.39, 0.29) is 29.4 Å². The number of nitrogens with two attached hydrogens (primary N) is 1. The molecule has 1 unspecified atom stereocenters. The predicted octanol–water partition coefficient (Wildman–Crippen LogP) is 3.19. The smallest absolute Gasteiger partial charge is 0.212 e. The number of aliphatic imine (C=N–C) groups is 3. The number of pyridine rings is 1. The molecular formula is C20H21FN6O2. The lowest BCUT2D eigenvalue weighted by Gasteiger charge is -2.07. The van der Waals surface area contributed by atoms with Crippen LogP contribution in [-0.2, 0) is 9.47 Å². The minimum absolute atomic E-state index is 0.0553. The van der Waals surface area contributed by atoms with Crippen LogP contribution in [0.3, 0.4) is 0 Å². The van der Waals surface area contributed by atoms with Crippen molar-refractivity contribution in [2.75, 3.05) is 13.7 Å². The molecule has 1 aliphatic heterocycles. The van der Waals surface area contributed by atoms with Crippen LogP contribution in [0, 0.1) is 5.82 Å². The lowest BCUT2D eigenvalue weighted by Crippen LogP contribution is -2.18. The standard InChI is InChI=1S/C20H21FN6O2/c1-4-14(25-17(5-2)28-3)19(22)27-20(26-15-7-8-23-10-13(15)21)18-12(6-9-24-18)16-11-29-16/h4-10,16,24H,2,11H2,1,3H3,(H2,22,23,26,27)/b14-4-,25-17?. The van der Waals surface area contributed by atoms with Crippen LogP contribution in [0.25, 0.3) is 0 Å². The Labute approximate surface area is 167 Å². The average Bonchev–Trinajstić information content (AvgIpc) is 3.46. The van der Waals surface area contributed by atoms with Crippen LogP contribution in [0.2, 0.25) is 0 Å². The second-order valence-electron chi connectivity index (χ2n) is 5.92. The summed E-state index contributed by atoms with van der Waals surface area (Å²) in [7, 11) is 1.47. The summed E-state index contributed by atoms with van der Waals surface area (Å²) in [5.74, 6) is -0.0291. The Hall–Kier alpha value is -3.59. The fourth-order valence-corrected chi connectivity index (χ4v) is 2.51. The normalized spacial score (nSPS) is 18.0. The van der Waals surface area contributed by atoms with E-state index in [1.54, 1.807) is 19.2 Å². The first-order valence-corrected chi connectivity index (χ1v) is 8.80. The number of nitrogens with zero attached hydrogens (tertiary/aromatic N) is 4. The number of hydrogen-bond donors (Lipinski definition) is 2. The third-order valence-electron chi connectivity index (χ3n) is 4.04. The molecule has 0 amide bonds. The largest absolute Gasteiger partial charge is 0.481 e. The van der Waals surface area contributed by atoms with E-state index >= 15 is 0 Å². The third-order valence-corrected chi connectivity index (χ3v) is 4.04. The molecule has 0 aromatic carbocycles. The monoisotopic (exact) mass is 396 g/mol. The zero-order valence-corrected chi connectivity index (χ0v) is 16.1. The number of epoxide rings is 1. The van der Waals surface area contributed by atoms with E-state index in [9.17, 15) is 4.39 Å². The molecule has 150 valence electrons. The number of ether oxygens (including phenoxy) is 2. The number of amidine groups is 2. The van der Waals surface area contributed by atoms with Gasteiger partial charge < -0.3 is 20.2 Å². The van der Waals surface area contributed by atoms with Gasteiger partial charge in [0.25, 0.3) is 0 Å². The summed E-state index contributed by atoms with van der Waals surface area (Å²) in [4.78, 5) is 19.9. The van der Waals surface area contributed by atoms with E-state index < -0.39 is 5.82 Å². The number of halogens is 1. The molecule has 8 nitrogen and oxygen atoms in total. The molecule has 1 fully saturated rings. The van der Waals surface area contributed by atoms with E-state index in [1.165, 1.54) is 25.4 Å². The van der Waals surface area contributed by atoms with Crippen LogP contribution in [0.15, 0.2) is 70.1 Å². The highest BCUT2D eigenvalue weighted by Gasteiger charge is 2.29. The summed E-state index contributed by atoms with van der Waals surface area (Å²) in [6, 6.07) is 3.32. The molecule has 1 saturated heterocycles. The van der Waals surface area contributed by atoms with E-state index in [0.717, 1.165) is 11.8 Å². The van der Waals surface area contributed by atoms with Crippen LogP contribution >= 0.6 is 0 Å². The van der Waals surface area contributed by atoms with Gasteiger partial charge in [-0.2, -0.15) is 0 Å². The first kappa shape index (κ1) is 20.2. The van der Waals surface area contributed by atoms with E-state index in [2.05, 4.69) is 31.5 Å². The molecular weight excluding hydrogens is 375 g/mol. The Kier molecular flexibility index (Phi) is 6.30. The van der Waals surface area contributed by atoms with Gasteiger partial charge in [0.1, 0.15) is 17.5 Å². The van der Waals surface area contributed by atoms with Gasteiger partial charge in [-0.05, 0) is 25.1 Å². The molecule has 1 aliphatic rings. The molecule has 0 bridgehead atoms. The number of nitrogens with one attached hydrogen (secondary N) is 1. The zero-order chi connectivity index (χ0) is 20.8. The molecule has 0 saturated carbocycles. The Morgan fingerprint density at radius 3 is 2.86 bits per heavy atom. The summed E-state index contributed by atoms with van der Waals surface area (Å²) < 4.78 is 24.6. The minimum atomic E-state index is -0.577. The van der Waals surface area contributed by atoms with Crippen molar-refractivity contribution >= 4 is 23.3 Å². The van der Waals surface area contributed by atoms with Crippen molar-refractivity contribution in [2.45, 2.75) is 13.0 Å². The second kappa shape index (κ2) is 9.07. The van der Waals surface area contributed by atoms with Crippen LogP contribution < -0.4 is 5.73 Å². The second-order valence-corrected chi connectivity index (χ2v) is 5.92. The van der Waals surface area contributed by atoms with Crippen molar-refractivity contribution in [3.05, 3.63) is 72.2 Å². The van der Waals surface area contributed by atoms with Gasteiger partial charge in [0.05, 0.1) is 25.6 Å². The van der Waals surface area contributed by atoms with Gasteiger partial charge in [-0.3, -0.25) is 4.98 Å². The molecule has 3 heterocycles. The van der Waals surface area contributed by atoms with Gasteiger partial charge in [-0.25, -0.2) is 19.4 Å². The number of H-pyrrole nitrogens is 1. The predicted molar refractivity (Wildman–Crippen MR) is 110 cm³/mol. The number of allylic oxidation sites excluding steroid dienone is 1. The maximum Gasteiger partial charge on any atom is 0.212 e. The molecule has 0 radical (unpaired) electrons. The quantitative estimate of drug-likeness (QED) is 0.443. The van der Waals surface area contributed by atoms with Gasteiger partial charge in [0, 0.05) is 18.0 Å². The van der Waals surface area contributed by atoms with E-state index in [0.29, 0.717) is 18.0 Å². The van der Waals surface area contributed by atoms with Gasteiger partial charge in [-0.1, -0.05) is 12.7 Å². The number of aromatic nitrogens is 2. The Balaban J connectivity index is 2.09. The highest BCUT2D eigenvalue weighted by atomic mass is 19.1. The maximum atomic E-state index is 14.1. The summed E-state index contributed by atoms with van der Waals surface area (Å²) in [5.41, 5.74) is 8.07. The van der Waals surface area contributed by atoms with E-state index in [1.807, 2.05) is 6.07 Å². The minimum Gasteiger partial charge on any atom is -0.481 e.